The number of aliphatic carboxylic acids is 6. The molecule has 0 aromatic heterocycles. The first-order valence-corrected chi connectivity index (χ1v) is 6.34. The first kappa shape index (κ1) is 43.7. The second-order valence-electron chi connectivity index (χ2n) is 4.96. The normalized spacial score (nSPS) is 9.40. The fraction of sp³-hybridized carbons (Fsp3) is 0.500. The Morgan fingerprint density at radius 3 is 0.667 bits per heavy atom. The van der Waals surface area contributed by atoms with E-state index in [-0.39, 0.29) is 114 Å². The molecule has 10 N–H and O–H groups in total. The van der Waals surface area contributed by atoms with Gasteiger partial charge in [0.15, 0.2) is 11.2 Å². The minimum absolute atomic E-state index is 0. The van der Waals surface area contributed by atoms with Crippen LogP contribution in [0.15, 0.2) is 0 Å². The predicted octanol–water partition coefficient (Wildman–Crippen LogP) is -8.84. The Morgan fingerprint density at radius 1 is 0.467 bits per heavy atom. The van der Waals surface area contributed by atoms with Crippen LogP contribution in [0.25, 0.3) is 0 Å². The second-order valence-corrected chi connectivity index (χ2v) is 4.96. The van der Waals surface area contributed by atoms with Crippen molar-refractivity contribution in [1.82, 2.24) is 0 Å². The van der Waals surface area contributed by atoms with Gasteiger partial charge in [-0.05, 0) is 0 Å². The molecule has 0 spiro atoms. The zero-order valence-electron chi connectivity index (χ0n) is 15.8. The fourth-order valence-electron chi connectivity index (χ4n) is 1.43. The van der Waals surface area contributed by atoms with Crippen molar-refractivity contribution in [2.24, 2.45) is 0 Å². The van der Waals surface area contributed by atoms with E-state index in [4.69, 9.17) is 40.9 Å². The quantitative estimate of drug-likeness (QED) is 0.130. The maximum absolute atomic E-state index is 10.3. The predicted molar refractivity (Wildman–Crippen MR) is 78.1 cm³/mol. The van der Waals surface area contributed by atoms with Crippen LogP contribution >= 0.6 is 0 Å². The summed E-state index contributed by atoms with van der Waals surface area (Å²) in [5.41, 5.74) is -5.48. The number of carbonyl (C=O) groups is 6. The molecule has 0 amide bonds. The monoisotopic (exact) mass is 496 g/mol. The molecule has 0 saturated heterocycles. The minimum atomic E-state index is -2.74. The van der Waals surface area contributed by atoms with Gasteiger partial charge in [0.25, 0.3) is 0 Å². The minimum Gasteiger partial charge on any atom is -0.870 e. The van der Waals surface area contributed by atoms with Crippen LogP contribution in [-0.4, -0.2) is 98.8 Å². The molecule has 30 heavy (non-hydrogen) atoms. The van der Waals surface area contributed by atoms with E-state index in [2.05, 4.69) is 0 Å². The molecule has 0 heterocycles. The molecule has 0 saturated carbocycles. The number of hydrogen-bond acceptors (Lipinski definition) is 10. The van der Waals surface area contributed by atoms with Gasteiger partial charge >= 0.3 is 139 Å². The molecule has 0 bridgehead atoms. The van der Waals surface area contributed by atoms with Crippen molar-refractivity contribution in [2.45, 2.75) is 36.9 Å². The van der Waals surface area contributed by atoms with Gasteiger partial charge in [0, 0.05) is 0 Å². The molecular weight excluding hydrogens is 478 g/mol. The van der Waals surface area contributed by atoms with Gasteiger partial charge in [0.2, 0.25) is 0 Å². The molecule has 0 aliphatic carbocycles. The van der Waals surface area contributed by atoms with Gasteiger partial charge in [-0.15, -0.1) is 0 Å². The van der Waals surface area contributed by atoms with Gasteiger partial charge in [0.05, 0.1) is 25.7 Å². The maximum Gasteiger partial charge on any atom is 1.00 e. The molecule has 0 unspecified atom stereocenters. The van der Waals surface area contributed by atoms with Gasteiger partial charge < -0.3 is 51.8 Å². The van der Waals surface area contributed by atoms with Crippen LogP contribution in [0, 0.1) is 0 Å². The maximum atomic E-state index is 10.3. The van der Waals surface area contributed by atoms with E-state index in [1.54, 1.807) is 0 Å². The molecule has 16 nitrogen and oxygen atoms in total. The Balaban J connectivity index is -0.0000000847. The van der Waals surface area contributed by atoms with Crippen molar-refractivity contribution < 1.29 is 183 Å². The molecule has 0 radical (unpaired) electrons. The molecule has 0 fully saturated rings. The van der Waals surface area contributed by atoms with Crippen LogP contribution in [0.1, 0.15) is 25.7 Å². The van der Waals surface area contributed by atoms with Crippen LogP contribution in [0.5, 0.6) is 0 Å². The first-order chi connectivity index (χ1) is 11.6. The van der Waals surface area contributed by atoms with Gasteiger partial charge in [-0.3, -0.25) is 19.2 Å². The number of rotatable bonds is 10. The summed E-state index contributed by atoms with van der Waals surface area (Å²) < 4.78 is 0. The van der Waals surface area contributed by atoms with Crippen molar-refractivity contribution >= 4 is 35.8 Å². The Morgan fingerprint density at radius 2 is 0.600 bits per heavy atom. The van der Waals surface area contributed by atoms with Crippen LogP contribution in [-0.2, 0) is 28.8 Å². The molecule has 0 atom stereocenters. The summed E-state index contributed by atoms with van der Waals surface area (Å²) in [5, 5.41) is 67.6. The van der Waals surface area contributed by atoms with Gasteiger partial charge in [-0.25, -0.2) is 9.59 Å². The average molecular weight is 496 g/mol. The van der Waals surface area contributed by atoms with Gasteiger partial charge in [0.1, 0.15) is 0 Å². The van der Waals surface area contributed by atoms with Crippen molar-refractivity contribution in [2.75, 3.05) is 0 Å². The first-order valence-electron chi connectivity index (χ1n) is 6.34. The summed E-state index contributed by atoms with van der Waals surface area (Å²) in [7, 11) is 0. The number of carboxylic acid groups (broad SMARTS) is 6. The molecule has 0 rings (SSSR count). The Labute approximate surface area is 252 Å². The summed E-state index contributed by atoms with van der Waals surface area (Å²) >= 11 is 0. The smallest absolute Gasteiger partial charge is 0.870 e. The van der Waals surface area contributed by atoms with Crippen LogP contribution in [0.2, 0.25) is 0 Å². The Kier molecular flexibility index (Phi) is 28.6. The third-order valence-corrected chi connectivity index (χ3v) is 2.57. The van der Waals surface area contributed by atoms with Crippen LogP contribution < -0.4 is 103 Å². The standard InChI is InChI=1S/2C6H8O7.2K.2H2O/c2*7-3(8)1-6(13,5(11)12)2-4(9)10;;;;/h2*13H,1-2H2,(H,7,8)(H,9,10)(H,11,12);;;2*1H2/q;;2*+1;;/p-2. The summed E-state index contributed by atoms with van der Waals surface area (Å²) in [4.78, 5) is 61.0. The van der Waals surface area contributed by atoms with Crippen molar-refractivity contribution in [1.29, 1.82) is 0 Å². The molecule has 0 aromatic rings. The topological polar surface area (TPSA) is 324 Å². The van der Waals surface area contributed by atoms with Gasteiger partial charge in [-0.1, -0.05) is 0 Å². The summed E-state index contributed by atoms with van der Waals surface area (Å²) in [6.07, 6.45) is -4.58. The van der Waals surface area contributed by atoms with E-state index >= 15 is 0 Å². The molecule has 0 aliphatic rings. The van der Waals surface area contributed by atoms with Crippen molar-refractivity contribution in [3.63, 3.8) is 0 Å². The third kappa shape index (κ3) is 19.9. The number of carboxylic acids is 6. The fourth-order valence-corrected chi connectivity index (χ4v) is 1.43. The van der Waals surface area contributed by atoms with E-state index in [9.17, 15) is 28.8 Å². The second kappa shape index (κ2) is 19.6. The zero-order valence-corrected chi connectivity index (χ0v) is 22.0. The van der Waals surface area contributed by atoms with E-state index in [1.807, 2.05) is 0 Å². The molecular formula is C12H18K2O16. The molecule has 0 aliphatic heterocycles. The van der Waals surface area contributed by atoms with E-state index < -0.39 is 72.7 Å². The Bertz CT molecular complexity index is 519. The molecule has 164 valence electrons. The SMILES string of the molecule is O=C(O)CC(O)(CC(=O)O)C(=O)O.O=C(O)CC(O)(CC(=O)O)C(=O)O.[K+].[K+].[OH-].[OH-]. The van der Waals surface area contributed by atoms with E-state index in [0.717, 1.165) is 0 Å². The zero-order chi connectivity index (χ0) is 21.3. The summed E-state index contributed by atoms with van der Waals surface area (Å²) in [5.74, 6) is -10.0. The molecule has 18 heteroatoms. The summed E-state index contributed by atoms with van der Waals surface area (Å²) in [6, 6.07) is 0. The number of aliphatic hydroxyl groups is 2. The Hall–Kier alpha value is -0.0673. The van der Waals surface area contributed by atoms with Crippen LogP contribution in [0.3, 0.4) is 0 Å². The average Bonchev–Trinajstić information content (AvgIpc) is 2.34. The molecule has 0 aromatic carbocycles. The van der Waals surface area contributed by atoms with E-state index in [0.29, 0.717) is 0 Å². The summed E-state index contributed by atoms with van der Waals surface area (Å²) in [6.45, 7) is 0. The van der Waals surface area contributed by atoms with E-state index in [1.165, 1.54) is 0 Å². The van der Waals surface area contributed by atoms with Gasteiger partial charge in [-0.2, -0.15) is 0 Å². The third-order valence-electron chi connectivity index (χ3n) is 2.57. The number of hydrogen-bond donors (Lipinski definition) is 8. The van der Waals surface area contributed by atoms with Crippen molar-refractivity contribution in [3.05, 3.63) is 0 Å². The van der Waals surface area contributed by atoms with Crippen molar-refractivity contribution in [3.8, 4) is 0 Å². The van der Waals surface area contributed by atoms with Crippen LogP contribution in [0.4, 0.5) is 0 Å². The largest absolute Gasteiger partial charge is 1.00 e.